The van der Waals surface area contributed by atoms with Crippen molar-refractivity contribution in [3.8, 4) is 0 Å². The molecule has 1 atom stereocenters. The van der Waals surface area contributed by atoms with Gasteiger partial charge in [0.1, 0.15) is 11.6 Å². The number of esters is 1. The number of carbonyl (C=O) groups excluding carboxylic acids is 2. The van der Waals surface area contributed by atoms with E-state index in [0.717, 1.165) is 12.1 Å². The molecule has 20 heavy (non-hydrogen) atoms. The Kier molecular flexibility index (Phi) is 4.11. The molecule has 1 aromatic heterocycles. The van der Waals surface area contributed by atoms with Crippen LogP contribution in [0.2, 0.25) is 0 Å². The molecular formula is C14H21N3O3. The summed E-state index contributed by atoms with van der Waals surface area (Å²) in [5, 5.41) is 6.58. The summed E-state index contributed by atoms with van der Waals surface area (Å²) < 4.78 is 5.38. The van der Waals surface area contributed by atoms with Crippen LogP contribution in [-0.4, -0.2) is 45.2 Å². The van der Waals surface area contributed by atoms with Gasteiger partial charge in [-0.2, -0.15) is 5.10 Å². The average Bonchev–Trinajstić information content (AvgIpc) is 2.96. The highest BCUT2D eigenvalue weighted by molar-refractivity contribution is 5.86. The largest absolute Gasteiger partial charge is 0.458 e. The van der Waals surface area contributed by atoms with Crippen molar-refractivity contribution >= 4 is 11.9 Å². The van der Waals surface area contributed by atoms with E-state index in [1.807, 2.05) is 20.8 Å². The number of nitrogens with zero attached hydrogens (tertiary/aromatic N) is 2. The van der Waals surface area contributed by atoms with Crippen molar-refractivity contribution in [2.45, 2.75) is 51.7 Å². The topological polar surface area (TPSA) is 75.3 Å². The predicted molar refractivity (Wildman–Crippen MR) is 72.9 cm³/mol. The monoisotopic (exact) mass is 279 g/mol. The van der Waals surface area contributed by atoms with Crippen molar-refractivity contribution in [2.24, 2.45) is 0 Å². The number of H-pyrrole nitrogens is 1. The first-order valence-electron chi connectivity index (χ1n) is 6.87. The van der Waals surface area contributed by atoms with Gasteiger partial charge in [0.25, 0.3) is 0 Å². The lowest BCUT2D eigenvalue weighted by Gasteiger charge is -2.27. The van der Waals surface area contributed by atoms with Crippen molar-refractivity contribution in [1.82, 2.24) is 15.1 Å². The molecule has 1 N–H and O–H groups in total. The van der Waals surface area contributed by atoms with Crippen molar-refractivity contribution < 1.29 is 14.3 Å². The summed E-state index contributed by atoms with van der Waals surface area (Å²) in [6.07, 6.45) is 3.35. The molecule has 0 spiro atoms. The van der Waals surface area contributed by atoms with Crippen LogP contribution in [0.25, 0.3) is 0 Å². The zero-order chi connectivity index (χ0) is 14.8. The van der Waals surface area contributed by atoms with Crippen LogP contribution in [0.3, 0.4) is 0 Å². The molecule has 6 heteroatoms. The molecule has 0 aliphatic carbocycles. The van der Waals surface area contributed by atoms with E-state index in [1.165, 1.54) is 0 Å². The van der Waals surface area contributed by atoms with E-state index < -0.39 is 11.6 Å². The number of likely N-dealkylation sites (tertiary alicyclic amines) is 1. The number of amides is 1. The molecule has 0 saturated carbocycles. The molecule has 2 rings (SSSR count). The van der Waals surface area contributed by atoms with E-state index in [4.69, 9.17) is 4.74 Å². The van der Waals surface area contributed by atoms with Crippen molar-refractivity contribution in [1.29, 1.82) is 0 Å². The maximum absolute atomic E-state index is 12.3. The lowest BCUT2D eigenvalue weighted by Crippen LogP contribution is -2.44. The first-order chi connectivity index (χ1) is 9.37. The average molecular weight is 279 g/mol. The molecule has 1 aliphatic rings. The number of ether oxygens (including phenoxy) is 1. The van der Waals surface area contributed by atoms with Crippen LogP contribution in [0.5, 0.6) is 0 Å². The number of hydrogen-bond donors (Lipinski definition) is 1. The molecule has 1 saturated heterocycles. The fourth-order valence-electron chi connectivity index (χ4n) is 2.33. The summed E-state index contributed by atoms with van der Waals surface area (Å²) in [5.74, 6) is -0.379. The van der Waals surface area contributed by atoms with Gasteiger partial charge in [0, 0.05) is 18.4 Å². The Bertz CT molecular complexity index is 476. The summed E-state index contributed by atoms with van der Waals surface area (Å²) in [6.45, 7) is 6.10. The summed E-state index contributed by atoms with van der Waals surface area (Å²) >= 11 is 0. The lowest BCUT2D eigenvalue weighted by atomic mass is 10.1. The molecule has 0 unspecified atom stereocenters. The second-order valence-electron chi connectivity index (χ2n) is 6.04. The molecule has 1 amide bonds. The minimum Gasteiger partial charge on any atom is -0.458 e. The SMILES string of the molecule is CC(C)(C)OC(=O)[C@H]1CCCN1C(=O)Cc1ccn[nH]1. The van der Waals surface area contributed by atoms with Crippen molar-refractivity contribution in [3.05, 3.63) is 18.0 Å². The maximum atomic E-state index is 12.3. The van der Waals surface area contributed by atoms with Gasteiger partial charge in [-0.3, -0.25) is 9.89 Å². The molecular weight excluding hydrogens is 258 g/mol. The van der Waals surface area contributed by atoms with Crippen LogP contribution in [0.1, 0.15) is 39.3 Å². The van der Waals surface area contributed by atoms with Gasteiger partial charge in [0.15, 0.2) is 0 Å². The van der Waals surface area contributed by atoms with Gasteiger partial charge < -0.3 is 9.64 Å². The van der Waals surface area contributed by atoms with Crippen LogP contribution in [0.4, 0.5) is 0 Å². The van der Waals surface area contributed by atoms with E-state index in [1.54, 1.807) is 17.2 Å². The number of rotatable bonds is 3. The van der Waals surface area contributed by atoms with Crippen LogP contribution >= 0.6 is 0 Å². The normalized spacial score (nSPS) is 19.1. The van der Waals surface area contributed by atoms with Crippen LogP contribution in [0.15, 0.2) is 12.3 Å². The Labute approximate surface area is 118 Å². The second-order valence-corrected chi connectivity index (χ2v) is 6.04. The number of nitrogens with one attached hydrogen (secondary N) is 1. The third-order valence-electron chi connectivity index (χ3n) is 3.15. The van der Waals surface area contributed by atoms with Gasteiger partial charge in [-0.25, -0.2) is 4.79 Å². The fraction of sp³-hybridized carbons (Fsp3) is 0.643. The van der Waals surface area contributed by atoms with Crippen molar-refractivity contribution in [2.75, 3.05) is 6.54 Å². The number of carbonyl (C=O) groups is 2. The number of aromatic amines is 1. The van der Waals surface area contributed by atoms with Gasteiger partial charge in [-0.05, 0) is 39.7 Å². The predicted octanol–water partition coefficient (Wildman–Crippen LogP) is 1.28. The summed E-state index contributed by atoms with van der Waals surface area (Å²) in [7, 11) is 0. The van der Waals surface area contributed by atoms with Crippen LogP contribution in [0, 0.1) is 0 Å². The van der Waals surface area contributed by atoms with E-state index in [2.05, 4.69) is 10.2 Å². The van der Waals surface area contributed by atoms with E-state index >= 15 is 0 Å². The zero-order valence-electron chi connectivity index (χ0n) is 12.2. The smallest absolute Gasteiger partial charge is 0.329 e. The lowest BCUT2D eigenvalue weighted by molar-refractivity contribution is -0.163. The van der Waals surface area contributed by atoms with Gasteiger partial charge in [-0.15, -0.1) is 0 Å². The number of hydrogen-bond acceptors (Lipinski definition) is 4. The minimum absolute atomic E-state index is 0.0670. The van der Waals surface area contributed by atoms with Gasteiger partial charge >= 0.3 is 5.97 Å². The van der Waals surface area contributed by atoms with Gasteiger partial charge in [0.05, 0.1) is 6.42 Å². The molecule has 0 radical (unpaired) electrons. The molecule has 6 nitrogen and oxygen atoms in total. The highest BCUT2D eigenvalue weighted by atomic mass is 16.6. The Morgan fingerprint density at radius 3 is 2.85 bits per heavy atom. The third-order valence-corrected chi connectivity index (χ3v) is 3.15. The Morgan fingerprint density at radius 1 is 1.50 bits per heavy atom. The summed E-state index contributed by atoms with van der Waals surface area (Å²) in [4.78, 5) is 26.0. The molecule has 1 aliphatic heterocycles. The Balaban J connectivity index is 1.99. The zero-order valence-corrected chi connectivity index (χ0v) is 12.2. The molecule has 1 aromatic rings. The summed E-state index contributed by atoms with van der Waals surface area (Å²) in [5.41, 5.74) is 0.224. The molecule has 2 heterocycles. The Morgan fingerprint density at radius 2 is 2.25 bits per heavy atom. The van der Waals surface area contributed by atoms with Crippen LogP contribution < -0.4 is 0 Å². The first-order valence-corrected chi connectivity index (χ1v) is 6.87. The highest BCUT2D eigenvalue weighted by Gasteiger charge is 2.36. The van der Waals surface area contributed by atoms with Crippen molar-refractivity contribution in [3.63, 3.8) is 0 Å². The van der Waals surface area contributed by atoms with E-state index in [0.29, 0.717) is 13.0 Å². The first kappa shape index (κ1) is 14.6. The Hall–Kier alpha value is -1.85. The fourth-order valence-corrected chi connectivity index (χ4v) is 2.33. The van der Waals surface area contributed by atoms with Gasteiger partial charge in [0.2, 0.25) is 5.91 Å². The third kappa shape index (κ3) is 3.59. The standard InChI is InChI=1S/C14H21N3O3/c1-14(2,3)20-13(19)11-5-4-8-17(11)12(18)9-10-6-7-15-16-10/h6-7,11H,4-5,8-9H2,1-3H3,(H,15,16)/t11-/m1/s1. The highest BCUT2D eigenvalue weighted by Crippen LogP contribution is 2.22. The van der Waals surface area contributed by atoms with E-state index in [-0.39, 0.29) is 18.3 Å². The molecule has 0 aromatic carbocycles. The number of aromatic nitrogens is 2. The maximum Gasteiger partial charge on any atom is 0.329 e. The molecule has 110 valence electrons. The second kappa shape index (κ2) is 5.64. The van der Waals surface area contributed by atoms with Crippen LogP contribution in [-0.2, 0) is 20.7 Å². The minimum atomic E-state index is -0.530. The molecule has 0 bridgehead atoms. The van der Waals surface area contributed by atoms with Gasteiger partial charge in [-0.1, -0.05) is 0 Å². The van der Waals surface area contributed by atoms with E-state index in [9.17, 15) is 9.59 Å². The quantitative estimate of drug-likeness (QED) is 0.846. The molecule has 1 fully saturated rings. The summed E-state index contributed by atoms with van der Waals surface area (Å²) in [6, 6.07) is 1.31.